The number of hydrogen-bond donors (Lipinski definition) is 0. The second-order valence-electron chi connectivity index (χ2n) is 5.55. The van der Waals surface area contributed by atoms with Crippen LogP contribution in [-0.4, -0.2) is 39.9 Å². The molecule has 3 heterocycles. The molecule has 0 bridgehead atoms. The maximum absolute atomic E-state index is 11.6. The molecule has 2 aromatic heterocycles. The summed E-state index contributed by atoms with van der Waals surface area (Å²) < 4.78 is 24.9. The zero-order valence-electron chi connectivity index (χ0n) is 12.2. The molecule has 0 spiro atoms. The van der Waals surface area contributed by atoms with E-state index in [4.69, 9.17) is 0 Å². The van der Waals surface area contributed by atoms with Gasteiger partial charge in [0.25, 0.3) is 0 Å². The third-order valence-electron chi connectivity index (χ3n) is 3.88. The summed E-state index contributed by atoms with van der Waals surface area (Å²) in [5.74, 6) is 0.482. The van der Waals surface area contributed by atoms with E-state index < -0.39 is 9.84 Å². The third-order valence-corrected chi connectivity index (χ3v) is 6.66. The van der Waals surface area contributed by atoms with Crippen molar-refractivity contribution in [3.05, 3.63) is 46.9 Å². The van der Waals surface area contributed by atoms with Crippen molar-refractivity contribution < 1.29 is 8.42 Å². The average Bonchev–Trinajstić information content (AvgIpc) is 3.25. The van der Waals surface area contributed by atoms with Gasteiger partial charge in [0.1, 0.15) is 11.4 Å². The van der Waals surface area contributed by atoms with Gasteiger partial charge < -0.3 is 0 Å². The molecule has 1 aliphatic heterocycles. The molecule has 6 nitrogen and oxygen atoms in total. The van der Waals surface area contributed by atoms with Crippen molar-refractivity contribution in [1.29, 1.82) is 0 Å². The first-order chi connectivity index (χ1) is 11.1. The predicted octanol–water partition coefficient (Wildman–Crippen LogP) is 2.29. The molecule has 0 saturated carbocycles. The van der Waals surface area contributed by atoms with Crippen molar-refractivity contribution in [2.75, 3.05) is 11.5 Å². The average molecular weight is 346 g/mol. The van der Waals surface area contributed by atoms with Gasteiger partial charge in [-0.25, -0.2) is 18.1 Å². The molecular formula is C15H14N4O2S2. The number of thiazole rings is 1. The Balaban J connectivity index is 1.59. The van der Waals surface area contributed by atoms with Crippen molar-refractivity contribution in [2.24, 2.45) is 0 Å². The van der Waals surface area contributed by atoms with Crippen LogP contribution in [0.3, 0.4) is 0 Å². The largest absolute Gasteiger partial charge is 0.239 e. The predicted molar refractivity (Wildman–Crippen MR) is 88.5 cm³/mol. The Bertz CT molecular complexity index is 931. The van der Waals surface area contributed by atoms with Crippen molar-refractivity contribution in [2.45, 2.75) is 12.3 Å². The first kappa shape index (κ1) is 14.5. The van der Waals surface area contributed by atoms with Gasteiger partial charge in [-0.2, -0.15) is 0 Å². The molecule has 8 heteroatoms. The van der Waals surface area contributed by atoms with Crippen molar-refractivity contribution in [3.8, 4) is 17.1 Å². The Labute approximate surface area is 137 Å². The molecule has 1 atom stereocenters. The van der Waals surface area contributed by atoms with E-state index in [1.807, 2.05) is 41.9 Å². The highest BCUT2D eigenvalue weighted by Crippen LogP contribution is 2.32. The number of sulfone groups is 1. The van der Waals surface area contributed by atoms with Gasteiger partial charge in [-0.15, -0.1) is 16.4 Å². The van der Waals surface area contributed by atoms with Crippen LogP contribution in [0.2, 0.25) is 0 Å². The van der Waals surface area contributed by atoms with E-state index >= 15 is 0 Å². The zero-order chi connectivity index (χ0) is 15.9. The number of hydrogen-bond acceptors (Lipinski definition) is 6. The fraction of sp³-hybridized carbons (Fsp3) is 0.267. The monoisotopic (exact) mass is 346 g/mol. The van der Waals surface area contributed by atoms with E-state index in [1.165, 1.54) is 11.3 Å². The Morgan fingerprint density at radius 3 is 2.74 bits per heavy atom. The molecule has 23 heavy (non-hydrogen) atoms. The number of benzene rings is 1. The van der Waals surface area contributed by atoms with Gasteiger partial charge >= 0.3 is 0 Å². The molecular weight excluding hydrogens is 332 g/mol. The van der Waals surface area contributed by atoms with Gasteiger partial charge in [-0.05, 0) is 18.6 Å². The minimum atomic E-state index is -2.90. The highest BCUT2D eigenvalue weighted by atomic mass is 32.2. The number of nitrogens with zero attached hydrogens (tertiary/aromatic N) is 4. The molecule has 4 rings (SSSR count). The van der Waals surface area contributed by atoms with Crippen LogP contribution >= 0.6 is 11.3 Å². The molecule has 3 aromatic rings. The minimum Gasteiger partial charge on any atom is -0.239 e. The van der Waals surface area contributed by atoms with Crippen LogP contribution in [0.1, 0.15) is 17.3 Å². The molecule has 118 valence electrons. The molecule has 0 aliphatic carbocycles. The van der Waals surface area contributed by atoms with Gasteiger partial charge in [0.2, 0.25) is 0 Å². The van der Waals surface area contributed by atoms with Crippen molar-refractivity contribution in [1.82, 2.24) is 20.0 Å². The van der Waals surface area contributed by atoms with Gasteiger partial charge in [0.05, 0.1) is 28.4 Å². The van der Waals surface area contributed by atoms with Crippen LogP contribution in [0.15, 0.2) is 41.9 Å². The van der Waals surface area contributed by atoms with Crippen LogP contribution in [0.4, 0.5) is 0 Å². The second-order valence-corrected chi connectivity index (χ2v) is 8.67. The third kappa shape index (κ3) is 2.91. The molecule has 1 fully saturated rings. The van der Waals surface area contributed by atoms with Crippen LogP contribution in [0, 0.1) is 0 Å². The van der Waals surface area contributed by atoms with Crippen LogP contribution < -0.4 is 0 Å². The van der Waals surface area contributed by atoms with E-state index in [0.29, 0.717) is 12.1 Å². The summed E-state index contributed by atoms with van der Waals surface area (Å²) in [5, 5.41) is 11.1. The fourth-order valence-electron chi connectivity index (χ4n) is 2.67. The summed E-state index contributed by atoms with van der Waals surface area (Å²) in [5.41, 5.74) is 2.37. The first-order valence-corrected chi connectivity index (χ1v) is 9.95. The summed E-state index contributed by atoms with van der Waals surface area (Å²) >= 11 is 1.49. The van der Waals surface area contributed by atoms with E-state index in [0.717, 1.165) is 16.4 Å². The zero-order valence-corrected chi connectivity index (χ0v) is 13.8. The quantitative estimate of drug-likeness (QED) is 0.727. The van der Waals surface area contributed by atoms with E-state index in [1.54, 1.807) is 4.68 Å². The summed E-state index contributed by atoms with van der Waals surface area (Å²) in [7, 11) is -2.90. The Kier molecular flexibility index (Phi) is 3.50. The van der Waals surface area contributed by atoms with Crippen LogP contribution in [0.5, 0.6) is 0 Å². The molecule has 1 unspecified atom stereocenters. The van der Waals surface area contributed by atoms with Crippen LogP contribution in [0.25, 0.3) is 17.1 Å². The van der Waals surface area contributed by atoms with Gasteiger partial charge in [0, 0.05) is 11.3 Å². The smallest absolute Gasteiger partial charge is 0.151 e. The Morgan fingerprint density at radius 1 is 1.17 bits per heavy atom. The van der Waals surface area contributed by atoms with Crippen LogP contribution in [-0.2, 0) is 9.84 Å². The lowest BCUT2D eigenvalue weighted by molar-refractivity contribution is 0.601. The SMILES string of the molecule is O=S1(=O)CCC(c2nc(-c3cn(-c4ccccc4)nn3)cs2)C1. The van der Waals surface area contributed by atoms with E-state index in [2.05, 4.69) is 15.3 Å². The topological polar surface area (TPSA) is 77.7 Å². The van der Waals surface area contributed by atoms with Gasteiger partial charge in [0.15, 0.2) is 9.84 Å². The number of para-hydroxylation sites is 1. The minimum absolute atomic E-state index is 0.0166. The molecule has 0 radical (unpaired) electrons. The number of rotatable bonds is 3. The maximum atomic E-state index is 11.6. The standard InChI is InChI=1S/C15H14N4O2S2/c20-23(21)7-6-11(10-23)15-16-14(9-22-15)13-8-19(18-17-13)12-4-2-1-3-5-12/h1-5,8-9,11H,6-7,10H2. The highest BCUT2D eigenvalue weighted by Gasteiger charge is 2.31. The van der Waals surface area contributed by atoms with Gasteiger partial charge in [-0.1, -0.05) is 23.4 Å². The number of aromatic nitrogens is 4. The summed E-state index contributed by atoms with van der Waals surface area (Å²) in [6.45, 7) is 0. The fourth-order valence-corrected chi connectivity index (χ4v) is 5.47. The van der Waals surface area contributed by atoms with Crippen molar-refractivity contribution in [3.63, 3.8) is 0 Å². The summed E-state index contributed by atoms with van der Waals surface area (Å²) in [6.07, 6.45) is 2.49. The first-order valence-electron chi connectivity index (χ1n) is 7.25. The summed E-state index contributed by atoms with van der Waals surface area (Å²) in [4.78, 5) is 4.57. The maximum Gasteiger partial charge on any atom is 0.151 e. The molecule has 1 aliphatic rings. The molecule has 1 aromatic carbocycles. The Hall–Kier alpha value is -2.06. The molecule has 0 amide bonds. The normalized spacial score (nSPS) is 19.9. The lowest BCUT2D eigenvalue weighted by atomic mass is 10.1. The second kappa shape index (κ2) is 5.54. The van der Waals surface area contributed by atoms with E-state index in [-0.39, 0.29) is 17.4 Å². The Morgan fingerprint density at radius 2 is 2.00 bits per heavy atom. The lowest BCUT2D eigenvalue weighted by Crippen LogP contribution is -2.03. The lowest BCUT2D eigenvalue weighted by Gasteiger charge is -2.00. The van der Waals surface area contributed by atoms with Gasteiger partial charge in [-0.3, -0.25) is 0 Å². The van der Waals surface area contributed by atoms with Crippen molar-refractivity contribution >= 4 is 21.2 Å². The molecule has 1 saturated heterocycles. The summed E-state index contributed by atoms with van der Waals surface area (Å²) in [6, 6.07) is 9.74. The highest BCUT2D eigenvalue weighted by molar-refractivity contribution is 7.91. The van der Waals surface area contributed by atoms with E-state index in [9.17, 15) is 8.42 Å². The molecule has 0 N–H and O–H groups in total.